The largest absolute Gasteiger partial charge is 0.421 e. The van der Waals surface area contributed by atoms with Gasteiger partial charge in [-0.3, -0.25) is 5.41 Å². The first kappa shape index (κ1) is 21.3. The molecule has 140 valence electrons. The van der Waals surface area contributed by atoms with Crippen molar-refractivity contribution in [2.24, 2.45) is 0 Å². The van der Waals surface area contributed by atoms with Crippen molar-refractivity contribution >= 4 is 21.1 Å². The fraction of sp³-hybridized carbons (Fsp3) is 0.500. The van der Waals surface area contributed by atoms with Crippen molar-refractivity contribution in [3.8, 4) is 0 Å². The van der Waals surface area contributed by atoms with Crippen LogP contribution in [0.1, 0.15) is 44.6 Å². The molecule has 1 rings (SSSR count). The van der Waals surface area contributed by atoms with Gasteiger partial charge in [0.25, 0.3) is 0 Å². The lowest BCUT2D eigenvalue weighted by Crippen LogP contribution is -2.39. The van der Waals surface area contributed by atoms with E-state index in [-0.39, 0.29) is 11.3 Å². The second-order valence-electron chi connectivity index (χ2n) is 5.82. The van der Waals surface area contributed by atoms with Crippen LogP contribution in [0.25, 0.3) is 0 Å². The quantitative estimate of drug-likeness (QED) is 0.364. The molecule has 25 heavy (non-hydrogen) atoms. The number of aliphatic hydroxyl groups is 1. The third kappa shape index (κ3) is 5.12. The predicted molar refractivity (Wildman–Crippen MR) is 88.8 cm³/mol. The fourth-order valence-electron chi connectivity index (χ4n) is 2.11. The van der Waals surface area contributed by atoms with Gasteiger partial charge in [-0.25, -0.2) is 8.42 Å². The van der Waals surface area contributed by atoms with Gasteiger partial charge in [0.05, 0.1) is 4.90 Å². The molecule has 0 bridgehead atoms. The highest BCUT2D eigenvalue weighted by atomic mass is 32.2. The first-order valence-corrected chi connectivity index (χ1v) is 9.14. The van der Waals surface area contributed by atoms with E-state index in [2.05, 4.69) is 0 Å². The van der Waals surface area contributed by atoms with E-state index in [1.54, 1.807) is 0 Å². The third-order valence-electron chi connectivity index (χ3n) is 3.86. The molecule has 0 fully saturated rings. The summed E-state index contributed by atoms with van der Waals surface area (Å²) in [6.45, 7) is 0.590. The number of nitrogens with one attached hydrogen (secondary N) is 2. The first-order chi connectivity index (χ1) is 11.4. The second-order valence-corrected chi connectivity index (χ2v) is 7.80. The van der Waals surface area contributed by atoms with Crippen molar-refractivity contribution in [2.45, 2.75) is 55.7 Å². The minimum absolute atomic E-state index is 0.0301. The van der Waals surface area contributed by atoms with E-state index in [4.69, 9.17) is 10.8 Å². The summed E-state index contributed by atoms with van der Waals surface area (Å²) in [5.74, 6) is 0. The van der Waals surface area contributed by atoms with Gasteiger partial charge < -0.3 is 10.5 Å². The lowest BCUT2D eigenvalue weighted by atomic mass is 9.96. The molecule has 0 amide bonds. The smallest absolute Gasteiger partial charge is 0.376 e. The highest BCUT2D eigenvalue weighted by Crippen LogP contribution is 2.38. The molecule has 0 radical (unpaired) electrons. The normalized spacial score (nSPS) is 14.8. The Bertz CT molecular complexity index is 711. The summed E-state index contributed by atoms with van der Waals surface area (Å²) >= 11 is 0. The summed E-state index contributed by atoms with van der Waals surface area (Å²) in [5, 5.41) is 23.7. The van der Waals surface area contributed by atoms with E-state index in [9.17, 15) is 26.7 Å². The zero-order valence-electron chi connectivity index (χ0n) is 13.7. The van der Waals surface area contributed by atoms with Gasteiger partial charge in [-0.2, -0.15) is 13.2 Å². The molecular formula is C16H21F3N2O3S. The summed E-state index contributed by atoms with van der Waals surface area (Å²) in [5.41, 5.74) is -3.56. The Balaban J connectivity index is 2.86. The standard InChI is InChI=1S/C16H21F3N2O3S/c1-15(22,16(17,18)19)12-7-9-13(10-8-12)25(23,24)14(21)6-4-2-3-5-11-20/h7-11,20-22H,2-6H2,1H3. The average Bonchev–Trinajstić information content (AvgIpc) is 2.53. The summed E-state index contributed by atoms with van der Waals surface area (Å²) in [6, 6.07) is 3.73. The van der Waals surface area contributed by atoms with Crippen molar-refractivity contribution in [2.75, 3.05) is 0 Å². The second kappa shape index (κ2) is 8.09. The molecule has 1 aromatic rings. The number of sulfone groups is 1. The monoisotopic (exact) mass is 378 g/mol. The molecule has 1 atom stereocenters. The zero-order chi connectivity index (χ0) is 19.3. The van der Waals surface area contributed by atoms with Crippen LogP contribution in [0.5, 0.6) is 0 Å². The van der Waals surface area contributed by atoms with Crippen LogP contribution in [0.3, 0.4) is 0 Å². The maximum atomic E-state index is 12.8. The highest BCUT2D eigenvalue weighted by Gasteiger charge is 2.51. The number of alkyl halides is 3. The molecule has 0 aromatic heterocycles. The lowest BCUT2D eigenvalue weighted by Gasteiger charge is -2.26. The SMILES string of the molecule is CC(O)(c1ccc(S(=O)(=O)C(=N)CCCCCC=N)cc1)C(F)(F)F. The first-order valence-electron chi connectivity index (χ1n) is 7.65. The van der Waals surface area contributed by atoms with Gasteiger partial charge in [0.15, 0.2) is 5.60 Å². The maximum absolute atomic E-state index is 12.8. The number of halogens is 3. The molecule has 0 aliphatic carbocycles. The zero-order valence-corrected chi connectivity index (χ0v) is 14.5. The summed E-state index contributed by atoms with van der Waals surface area (Å²) in [6.07, 6.45) is -1.11. The van der Waals surface area contributed by atoms with Crippen LogP contribution in [0.15, 0.2) is 29.2 Å². The van der Waals surface area contributed by atoms with Gasteiger partial charge in [0.1, 0.15) is 5.04 Å². The van der Waals surface area contributed by atoms with Gasteiger partial charge in [-0.05, 0) is 50.1 Å². The highest BCUT2D eigenvalue weighted by molar-refractivity contribution is 8.06. The van der Waals surface area contributed by atoms with Crippen LogP contribution >= 0.6 is 0 Å². The van der Waals surface area contributed by atoms with Gasteiger partial charge in [0.2, 0.25) is 9.84 Å². The van der Waals surface area contributed by atoms with Crippen LogP contribution in [0.2, 0.25) is 0 Å². The van der Waals surface area contributed by atoms with Crippen molar-refractivity contribution in [3.05, 3.63) is 29.8 Å². The Morgan fingerprint density at radius 1 is 1.16 bits per heavy atom. The Hall–Kier alpha value is -1.74. The van der Waals surface area contributed by atoms with Gasteiger partial charge >= 0.3 is 6.18 Å². The molecule has 0 saturated heterocycles. The van der Waals surface area contributed by atoms with Crippen LogP contribution in [0, 0.1) is 10.8 Å². The van der Waals surface area contributed by atoms with Gasteiger partial charge in [0, 0.05) is 6.42 Å². The Morgan fingerprint density at radius 3 is 2.20 bits per heavy atom. The maximum Gasteiger partial charge on any atom is 0.421 e. The van der Waals surface area contributed by atoms with Crippen molar-refractivity contribution in [1.82, 2.24) is 0 Å². The predicted octanol–water partition coefficient (Wildman–Crippen LogP) is 3.81. The number of unbranched alkanes of at least 4 members (excludes halogenated alkanes) is 3. The van der Waals surface area contributed by atoms with Gasteiger partial charge in [-0.1, -0.05) is 18.6 Å². The Labute approximate surface area is 144 Å². The number of benzene rings is 1. The molecule has 0 spiro atoms. The molecule has 1 aromatic carbocycles. The molecule has 3 N–H and O–H groups in total. The van der Waals surface area contributed by atoms with Crippen LogP contribution in [-0.2, 0) is 15.4 Å². The molecule has 0 aliphatic rings. The molecule has 5 nitrogen and oxygen atoms in total. The topological polar surface area (TPSA) is 102 Å². The van der Waals surface area contributed by atoms with E-state index in [1.807, 2.05) is 0 Å². The molecular weight excluding hydrogens is 357 g/mol. The van der Waals surface area contributed by atoms with E-state index in [0.29, 0.717) is 26.2 Å². The van der Waals surface area contributed by atoms with Crippen LogP contribution in [-0.4, -0.2) is 31.0 Å². The molecule has 0 heterocycles. The van der Waals surface area contributed by atoms with Crippen LogP contribution < -0.4 is 0 Å². The minimum atomic E-state index is -4.89. The van der Waals surface area contributed by atoms with E-state index >= 15 is 0 Å². The number of hydrogen-bond donors (Lipinski definition) is 3. The Morgan fingerprint density at radius 2 is 1.72 bits per heavy atom. The van der Waals surface area contributed by atoms with Crippen LogP contribution in [0.4, 0.5) is 13.2 Å². The van der Waals surface area contributed by atoms with Crippen molar-refractivity contribution in [1.29, 1.82) is 10.8 Å². The Kier molecular flexibility index (Phi) is 6.90. The number of hydrogen-bond acceptors (Lipinski definition) is 5. The minimum Gasteiger partial charge on any atom is -0.376 e. The summed E-state index contributed by atoms with van der Waals surface area (Å²) < 4.78 is 62.9. The van der Waals surface area contributed by atoms with Crippen molar-refractivity contribution < 1.29 is 26.7 Å². The number of rotatable bonds is 8. The third-order valence-corrected chi connectivity index (χ3v) is 5.60. The molecule has 1 unspecified atom stereocenters. The van der Waals surface area contributed by atoms with E-state index in [1.165, 1.54) is 6.21 Å². The fourth-order valence-corrected chi connectivity index (χ4v) is 3.30. The van der Waals surface area contributed by atoms with E-state index in [0.717, 1.165) is 30.7 Å². The van der Waals surface area contributed by atoms with Gasteiger partial charge in [-0.15, -0.1) is 0 Å². The lowest BCUT2D eigenvalue weighted by molar-refractivity contribution is -0.258. The average molecular weight is 378 g/mol. The summed E-state index contributed by atoms with van der Waals surface area (Å²) in [4.78, 5) is -0.279. The molecule has 9 heteroatoms. The molecule has 0 aliphatic heterocycles. The molecule has 0 saturated carbocycles. The van der Waals surface area contributed by atoms with E-state index < -0.39 is 32.2 Å². The van der Waals surface area contributed by atoms with Crippen molar-refractivity contribution in [3.63, 3.8) is 0 Å². The summed E-state index contributed by atoms with van der Waals surface area (Å²) in [7, 11) is -4.05.